The molecular weight excluding hydrogens is 352 g/mol. The second-order valence-corrected chi connectivity index (χ2v) is 9.15. The van der Waals surface area contributed by atoms with E-state index < -0.39 is 0 Å². The van der Waals surface area contributed by atoms with Crippen LogP contribution in [-0.4, -0.2) is 6.61 Å². The third-order valence-corrected chi connectivity index (χ3v) is 6.56. The van der Waals surface area contributed by atoms with E-state index in [0.717, 1.165) is 37.0 Å². The van der Waals surface area contributed by atoms with E-state index in [0.29, 0.717) is 0 Å². The van der Waals surface area contributed by atoms with E-state index in [4.69, 9.17) is 4.74 Å². The fraction of sp³-hybridized carbons (Fsp3) is 0.714. The zero-order valence-corrected chi connectivity index (χ0v) is 19.3. The molecule has 1 nitrogen and oxygen atoms in total. The highest BCUT2D eigenvalue weighted by molar-refractivity contribution is 5.27. The summed E-state index contributed by atoms with van der Waals surface area (Å²) in [5.41, 5.74) is 1.42. The van der Waals surface area contributed by atoms with Crippen molar-refractivity contribution in [3.63, 3.8) is 0 Å². The van der Waals surface area contributed by atoms with E-state index in [9.17, 15) is 0 Å². The van der Waals surface area contributed by atoms with Crippen molar-refractivity contribution in [2.24, 2.45) is 11.8 Å². The minimum absolute atomic E-state index is 0.838. The van der Waals surface area contributed by atoms with Crippen LogP contribution < -0.4 is 4.74 Å². The summed E-state index contributed by atoms with van der Waals surface area (Å²) in [4.78, 5) is 0. The fourth-order valence-corrected chi connectivity index (χ4v) is 4.54. The smallest absolute Gasteiger partial charge is 0.119 e. The minimum Gasteiger partial charge on any atom is -0.494 e. The van der Waals surface area contributed by atoms with Gasteiger partial charge in [0.1, 0.15) is 5.75 Å². The van der Waals surface area contributed by atoms with Crippen LogP contribution in [0.15, 0.2) is 36.4 Å². The Balaban J connectivity index is 1.55. The maximum absolute atomic E-state index is 5.87. The Labute approximate surface area is 181 Å². The summed E-state index contributed by atoms with van der Waals surface area (Å²) in [5.74, 6) is 2.88. The first-order valence-electron chi connectivity index (χ1n) is 12.7. The Morgan fingerprint density at radius 3 is 2.24 bits per heavy atom. The third-order valence-electron chi connectivity index (χ3n) is 6.56. The lowest BCUT2D eigenvalue weighted by Crippen LogP contribution is -2.13. The molecule has 1 saturated carbocycles. The summed E-state index contributed by atoms with van der Waals surface area (Å²) in [7, 11) is 0. The molecular formula is C28H46O. The van der Waals surface area contributed by atoms with Crippen molar-refractivity contribution in [2.45, 2.75) is 110 Å². The molecule has 0 aromatic heterocycles. The van der Waals surface area contributed by atoms with Crippen LogP contribution in [0, 0.1) is 11.8 Å². The summed E-state index contributed by atoms with van der Waals surface area (Å²) in [6, 6.07) is 8.76. The van der Waals surface area contributed by atoms with Gasteiger partial charge in [0.05, 0.1) is 6.61 Å². The molecule has 0 unspecified atom stereocenters. The standard InChI is InChI=1S/C28H46O/c1-3-5-7-8-12-24-29-28-22-20-27(21-23-28)15-11-10-14-26-18-16-25(17-19-26)13-9-6-4-2/h10,14,20-23,25-26H,3-9,11-13,15-19,24H2,1-2H3. The van der Waals surface area contributed by atoms with Crippen LogP contribution in [0.3, 0.4) is 0 Å². The van der Waals surface area contributed by atoms with Crippen molar-refractivity contribution in [1.82, 2.24) is 0 Å². The molecule has 1 heteroatoms. The molecule has 1 aliphatic rings. The zero-order valence-electron chi connectivity index (χ0n) is 19.3. The first-order valence-corrected chi connectivity index (χ1v) is 12.7. The number of hydrogen-bond donors (Lipinski definition) is 0. The number of rotatable bonds is 15. The third kappa shape index (κ3) is 10.9. The molecule has 0 N–H and O–H groups in total. The van der Waals surface area contributed by atoms with Gasteiger partial charge in [-0.25, -0.2) is 0 Å². The molecule has 0 spiro atoms. The molecule has 0 heterocycles. The number of benzene rings is 1. The lowest BCUT2D eigenvalue weighted by Gasteiger charge is -2.26. The Bertz CT molecular complexity index is 522. The van der Waals surface area contributed by atoms with Crippen LogP contribution in [0.25, 0.3) is 0 Å². The molecule has 2 rings (SSSR count). The van der Waals surface area contributed by atoms with E-state index in [1.165, 1.54) is 89.0 Å². The maximum atomic E-state index is 5.87. The number of ether oxygens (including phenoxy) is 1. The number of unbranched alkanes of at least 4 members (excludes halogenated alkanes) is 6. The van der Waals surface area contributed by atoms with Crippen LogP contribution >= 0.6 is 0 Å². The highest BCUT2D eigenvalue weighted by Gasteiger charge is 2.18. The van der Waals surface area contributed by atoms with Crippen LogP contribution in [0.5, 0.6) is 5.75 Å². The summed E-state index contributed by atoms with van der Waals surface area (Å²) in [6.07, 6.45) is 25.1. The van der Waals surface area contributed by atoms with Crippen LogP contribution in [-0.2, 0) is 6.42 Å². The van der Waals surface area contributed by atoms with Crippen molar-refractivity contribution < 1.29 is 4.74 Å². The summed E-state index contributed by atoms with van der Waals surface area (Å²) in [5, 5.41) is 0. The van der Waals surface area contributed by atoms with Crippen molar-refractivity contribution in [2.75, 3.05) is 6.61 Å². The lowest BCUT2D eigenvalue weighted by molar-refractivity contribution is 0.289. The first kappa shape index (κ1) is 24.0. The van der Waals surface area contributed by atoms with Gasteiger partial charge in [-0.3, -0.25) is 0 Å². The summed E-state index contributed by atoms with van der Waals surface area (Å²) in [6.45, 7) is 5.42. The number of aryl methyl sites for hydroxylation is 1. The molecule has 0 amide bonds. The van der Waals surface area contributed by atoms with E-state index in [1.54, 1.807) is 0 Å². The van der Waals surface area contributed by atoms with Crippen molar-refractivity contribution >= 4 is 0 Å². The predicted octanol–water partition coefficient (Wildman–Crippen LogP) is 8.91. The van der Waals surface area contributed by atoms with Gasteiger partial charge in [-0.05, 0) is 74.5 Å². The zero-order chi connectivity index (χ0) is 20.6. The molecule has 0 bridgehead atoms. The Morgan fingerprint density at radius 1 is 0.828 bits per heavy atom. The SMILES string of the molecule is CCCCCCCOc1ccc(CCC=CC2CCC(CCCCC)CC2)cc1. The van der Waals surface area contributed by atoms with Crippen molar-refractivity contribution in [1.29, 1.82) is 0 Å². The van der Waals surface area contributed by atoms with Crippen molar-refractivity contribution in [3.8, 4) is 5.75 Å². The van der Waals surface area contributed by atoms with Gasteiger partial charge in [0.15, 0.2) is 0 Å². The highest BCUT2D eigenvalue weighted by Crippen LogP contribution is 2.32. The van der Waals surface area contributed by atoms with Gasteiger partial charge < -0.3 is 4.74 Å². The lowest BCUT2D eigenvalue weighted by atomic mass is 9.79. The van der Waals surface area contributed by atoms with Crippen LogP contribution in [0.4, 0.5) is 0 Å². The van der Waals surface area contributed by atoms with Gasteiger partial charge in [-0.1, -0.05) is 89.5 Å². The van der Waals surface area contributed by atoms with E-state index >= 15 is 0 Å². The molecule has 0 radical (unpaired) electrons. The second kappa shape index (κ2) is 15.6. The highest BCUT2D eigenvalue weighted by atomic mass is 16.5. The topological polar surface area (TPSA) is 9.23 Å². The van der Waals surface area contributed by atoms with Gasteiger partial charge in [0, 0.05) is 0 Å². The van der Waals surface area contributed by atoms with E-state index in [2.05, 4.69) is 50.3 Å². The fourth-order valence-electron chi connectivity index (χ4n) is 4.54. The molecule has 0 saturated heterocycles. The van der Waals surface area contributed by atoms with Crippen LogP contribution in [0.2, 0.25) is 0 Å². The van der Waals surface area contributed by atoms with E-state index in [1.807, 2.05) is 0 Å². The average molecular weight is 399 g/mol. The van der Waals surface area contributed by atoms with E-state index in [-0.39, 0.29) is 0 Å². The molecule has 1 aliphatic carbocycles. The summed E-state index contributed by atoms with van der Waals surface area (Å²) < 4.78 is 5.87. The maximum Gasteiger partial charge on any atom is 0.119 e. The van der Waals surface area contributed by atoms with Gasteiger partial charge in [-0.15, -0.1) is 0 Å². The minimum atomic E-state index is 0.838. The van der Waals surface area contributed by atoms with Crippen molar-refractivity contribution in [3.05, 3.63) is 42.0 Å². The summed E-state index contributed by atoms with van der Waals surface area (Å²) >= 11 is 0. The molecule has 0 atom stereocenters. The molecule has 1 aromatic rings. The monoisotopic (exact) mass is 398 g/mol. The number of allylic oxidation sites excluding steroid dienone is 2. The molecule has 1 fully saturated rings. The Kier molecular flexibility index (Phi) is 12.9. The molecule has 164 valence electrons. The number of hydrogen-bond acceptors (Lipinski definition) is 1. The normalized spacial score (nSPS) is 19.7. The Morgan fingerprint density at radius 2 is 1.52 bits per heavy atom. The van der Waals surface area contributed by atoms with Gasteiger partial charge in [0.25, 0.3) is 0 Å². The molecule has 1 aromatic carbocycles. The van der Waals surface area contributed by atoms with Gasteiger partial charge in [-0.2, -0.15) is 0 Å². The quantitative estimate of drug-likeness (QED) is 0.212. The second-order valence-electron chi connectivity index (χ2n) is 9.15. The van der Waals surface area contributed by atoms with Gasteiger partial charge >= 0.3 is 0 Å². The average Bonchev–Trinajstić information content (AvgIpc) is 2.76. The van der Waals surface area contributed by atoms with Crippen LogP contribution in [0.1, 0.15) is 109 Å². The predicted molar refractivity (Wildman–Crippen MR) is 128 cm³/mol. The molecule has 29 heavy (non-hydrogen) atoms. The Hall–Kier alpha value is -1.24. The first-order chi connectivity index (χ1) is 14.3. The largest absolute Gasteiger partial charge is 0.494 e. The van der Waals surface area contributed by atoms with Gasteiger partial charge in [0.2, 0.25) is 0 Å². The molecule has 0 aliphatic heterocycles.